The van der Waals surface area contributed by atoms with Crippen LogP contribution in [0.25, 0.3) is 0 Å². The van der Waals surface area contributed by atoms with E-state index in [0.29, 0.717) is 0 Å². The van der Waals surface area contributed by atoms with Gasteiger partial charge in [0.1, 0.15) is 17.5 Å². The summed E-state index contributed by atoms with van der Waals surface area (Å²) in [6.45, 7) is 8.38. The molecule has 2 aliphatic heterocycles. The molecule has 2 atom stereocenters. The molecule has 2 unspecified atom stereocenters. The van der Waals surface area contributed by atoms with Crippen LogP contribution in [-0.2, 0) is 0 Å². The Balaban J connectivity index is 1.99. The topological polar surface area (TPSA) is 32.7 Å². The highest BCUT2D eigenvalue weighted by atomic mass is 16.5. The van der Waals surface area contributed by atoms with Crippen LogP contribution in [0.3, 0.4) is 0 Å². The SMILES string of the molecule is Cc1cccc2c1OC(C)(C)C(N1CCCCC1)C2O. The highest BCUT2D eigenvalue weighted by Gasteiger charge is 2.46. The van der Waals surface area contributed by atoms with E-state index in [4.69, 9.17) is 4.74 Å². The van der Waals surface area contributed by atoms with Crippen LogP contribution in [0.4, 0.5) is 0 Å². The largest absolute Gasteiger partial charge is 0.485 e. The lowest BCUT2D eigenvalue weighted by Gasteiger charge is -2.49. The first-order chi connectivity index (χ1) is 9.50. The number of hydrogen-bond acceptors (Lipinski definition) is 3. The van der Waals surface area contributed by atoms with Crippen LogP contribution in [0.2, 0.25) is 0 Å². The molecule has 0 aromatic heterocycles. The van der Waals surface area contributed by atoms with Crippen LogP contribution in [-0.4, -0.2) is 34.7 Å². The summed E-state index contributed by atoms with van der Waals surface area (Å²) in [6.07, 6.45) is 3.28. The smallest absolute Gasteiger partial charge is 0.128 e. The van der Waals surface area contributed by atoms with E-state index in [1.807, 2.05) is 25.1 Å². The summed E-state index contributed by atoms with van der Waals surface area (Å²) in [5.74, 6) is 0.873. The van der Waals surface area contributed by atoms with Gasteiger partial charge in [-0.25, -0.2) is 0 Å². The van der Waals surface area contributed by atoms with Gasteiger partial charge in [-0.1, -0.05) is 24.6 Å². The molecule has 0 radical (unpaired) electrons. The van der Waals surface area contributed by atoms with Crippen LogP contribution in [0.15, 0.2) is 18.2 Å². The number of piperidine rings is 1. The van der Waals surface area contributed by atoms with E-state index in [-0.39, 0.29) is 11.6 Å². The van der Waals surface area contributed by atoms with E-state index in [9.17, 15) is 5.11 Å². The fraction of sp³-hybridized carbons (Fsp3) is 0.647. The zero-order valence-electron chi connectivity index (χ0n) is 12.7. The van der Waals surface area contributed by atoms with Gasteiger partial charge >= 0.3 is 0 Å². The van der Waals surface area contributed by atoms with Crippen LogP contribution in [0.5, 0.6) is 5.75 Å². The second-order valence-electron chi connectivity index (χ2n) is 6.69. The first kappa shape index (κ1) is 13.9. The van der Waals surface area contributed by atoms with Gasteiger partial charge in [0.2, 0.25) is 0 Å². The maximum atomic E-state index is 10.9. The molecule has 0 aliphatic carbocycles. The predicted molar refractivity (Wildman–Crippen MR) is 80.1 cm³/mol. The monoisotopic (exact) mass is 275 g/mol. The van der Waals surface area contributed by atoms with Gasteiger partial charge in [0.25, 0.3) is 0 Å². The first-order valence-corrected chi connectivity index (χ1v) is 7.71. The zero-order valence-corrected chi connectivity index (χ0v) is 12.7. The maximum Gasteiger partial charge on any atom is 0.128 e. The van der Waals surface area contributed by atoms with Gasteiger partial charge in [-0.3, -0.25) is 4.90 Å². The second kappa shape index (κ2) is 5.05. The molecule has 3 nitrogen and oxygen atoms in total. The third kappa shape index (κ3) is 2.23. The van der Waals surface area contributed by atoms with Crippen molar-refractivity contribution in [2.75, 3.05) is 13.1 Å². The summed E-state index contributed by atoms with van der Waals surface area (Å²) < 4.78 is 6.28. The zero-order chi connectivity index (χ0) is 14.3. The minimum atomic E-state index is -0.466. The number of aliphatic hydroxyl groups excluding tert-OH is 1. The van der Waals surface area contributed by atoms with Gasteiger partial charge < -0.3 is 9.84 Å². The molecule has 1 fully saturated rings. The molecule has 1 aromatic rings. The van der Waals surface area contributed by atoms with Crippen LogP contribution in [0, 0.1) is 6.92 Å². The summed E-state index contributed by atoms with van der Waals surface area (Å²) in [7, 11) is 0. The van der Waals surface area contributed by atoms with E-state index in [2.05, 4.69) is 18.7 Å². The first-order valence-electron chi connectivity index (χ1n) is 7.71. The van der Waals surface area contributed by atoms with Gasteiger partial charge in [0, 0.05) is 5.56 Å². The standard InChI is InChI=1S/C17H25NO2/c1-12-8-7-9-13-14(19)16(17(2,3)20-15(12)13)18-10-5-4-6-11-18/h7-9,14,16,19H,4-6,10-11H2,1-3H3. The summed E-state index contributed by atoms with van der Waals surface area (Å²) in [5.41, 5.74) is 1.68. The number of nitrogens with zero attached hydrogens (tertiary/aromatic N) is 1. The Labute approximate surface area is 121 Å². The maximum absolute atomic E-state index is 10.9. The van der Waals surface area contributed by atoms with Gasteiger partial charge in [-0.2, -0.15) is 0 Å². The fourth-order valence-corrected chi connectivity index (χ4v) is 3.76. The van der Waals surface area contributed by atoms with E-state index >= 15 is 0 Å². The predicted octanol–water partition coefficient (Wildman–Crippen LogP) is 3.05. The van der Waals surface area contributed by atoms with E-state index in [1.165, 1.54) is 19.3 Å². The van der Waals surface area contributed by atoms with Gasteiger partial charge in [0.15, 0.2) is 0 Å². The number of likely N-dealkylation sites (tertiary alicyclic amines) is 1. The van der Waals surface area contributed by atoms with Crippen molar-refractivity contribution in [3.8, 4) is 5.75 Å². The Hall–Kier alpha value is -1.06. The van der Waals surface area contributed by atoms with Crippen molar-refractivity contribution in [1.82, 2.24) is 4.90 Å². The third-order valence-corrected chi connectivity index (χ3v) is 4.72. The number of ether oxygens (including phenoxy) is 1. The van der Waals surface area contributed by atoms with Crippen molar-refractivity contribution in [3.05, 3.63) is 29.3 Å². The average molecular weight is 275 g/mol. The summed E-state index contributed by atoms with van der Waals surface area (Å²) >= 11 is 0. The Bertz CT molecular complexity index is 492. The molecular formula is C17H25NO2. The van der Waals surface area contributed by atoms with Crippen molar-refractivity contribution in [3.63, 3.8) is 0 Å². The van der Waals surface area contributed by atoms with Crippen LogP contribution in [0.1, 0.15) is 50.3 Å². The second-order valence-corrected chi connectivity index (χ2v) is 6.69. The summed E-state index contributed by atoms with van der Waals surface area (Å²) in [4.78, 5) is 2.42. The number of hydrogen-bond donors (Lipinski definition) is 1. The fourth-order valence-electron chi connectivity index (χ4n) is 3.76. The molecule has 3 heteroatoms. The van der Waals surface area contributed by atoms with Crippen molar-refractivity contribution in [2.24, 2.45) is 0 Å². The highest BCUT2D eigenvalue weighted by Crippen LogP contribution is 2.44. The Morgan fingerprint density at radius 2 is 1.90 bits per heavy atom. The van der Waals surface area contributed by atoms with Gasteiger partial charge in [-0.15, -0.1) is 0 Å². The lowest BCUT2D eigenvalue weighted by molar-refractivity contribution is -0.0876. The quantitative estimate of drug-likeness (QED) is 0.855. The lowest BCUT2D eigenvalue weighted by Crippen LogP contribution is -2.59. The number of fused-ring (bicyclic) bond motifs is 1. The lowest BCUT2D eigenvalue weighted by atomic mass is 9.83. The van der Waals surface area contributed by atoms with Gasteiger partial charge in [-0.05, 0) is 52.3 Å². The number of para-hydroxylation sites is 1. The van der Waals surface area contributed by atoms with Crippen molar-refractivity contribution < 1.29 is 9.84 Å². The number of rotatable bonds is 1. The van der Waals surface area contributed by atoms with Crippen LogP contribution >= 0.6 is 0 Å². The summed E-state index contributed by atoms with van der Waals surface area (Å²) in [5, 5.41) is 10.9. The molecule has 3 rings (SSSR count). The highest BCUT2D eigenvalue weighted by molar-refractivity contribution is 5.45. The number of aliphatic hydroxyl groups is 1. The van der Waals surface area contributed by atoms with Gasteiger partial charge in [0.05, 0.1) is 6.04 Å². The number of benzene rings is 1. The van der Waals surface area contributed by atoms with E-state index in [0.717, 1.165) is 30.0 Å². The molecule has 20 heavy (non-hydrogen) atoms. The molecule has 0 spiro atoms. The normalized spacial score (nSPS) is 29.6. The molecule has 110 valence electrons. The Kier molecular flexibility index (Phi) is 3.51. The molecule has 0 saturated carbocycles. The minimum Gasteiger partial charge on any atom is -0.485 e. The molecule has 1 aromatic carbocycles. The Morgan fingerprint density at radius 3 is 2.60 bits per heavy atom. The molecule has 2 aliphatic rings. The summed E-state index contributed by atoms with van der Waals surface area (Å²) in [6, 6.07) is 6.09. The van der Waals surface area contributed by atoms with Crippen molar-refractivity contribution in [1.29, 1.82) is 0 Å². The molecule has 2 heterocycles. The molecule has 0 bridgehead atoms. The van der Waals surface area contributed by atoms with Crippen LogP contribution < -0.4 is 4.74 Å². The number of aryl methyl sites for hydroxylation is 1. The van der Waals surface area contributed by atoms with Crippen molar-refractivity contribution >= 4 is 0 Å². The molecule has 1 saturated heterocycles. The average Bonchev–Trinajstić information content (AvgIpc) is 2.41. The Morgan fingerprint density at radius 1 is 1.20 bits per heavy atom. The molecule has 0 amide bonds. The van der Waals surface area contributed by atoms with E-state index < -0.39 is 6.10 Å². The third-order valence-electron chi connectivity index (χ3n) is 4.72. The molecular weight excluding hydrogens is 250 g/mol. The molecule has 1 N–H and O–H groups in total. The minimum absolute atomic E-state index is 0.0390. The van der Waals surface area contributed by atoms with E-state index in [1.54, 1.807) is 0 Å². The van der Waals surface area contributed by atoms with Crippen molar-refractivity contribution in [2.45, 2.75) is 57.8 Å².